The second-order valence-corrected chi connectivity index (χ2v) is 4.93. The molecule has 0 atom stereocenters. The molecular weight excluding hydrogens is 354 g/mol. The standard InChI is InChI=1S/C15H14F2N4O5/c1-25-14-11(13(18)22)5-9(7-20-14)19-6-8-4-10(21(23)24)2-3-12(8)26-15(16)17/h2-5,7,15,19H,6H2,1H3,(H2,18,22). The number of amides is 1. The zero-order valence-electron chi connectivity index (χ0n) is 13.4. The first-order valence-corrected chi connectivity index (χ1v) is 7.11. The van der Waals surface area contributed by atoms with Crippen LogP contribution in [0.5, 0.6) is 11.6 Å². The Hall–Kier alpha value is -3.50. The summed E-state index contributed by atoms with van der Waals surface area (Å²) in [5, 5.41) is 13.7. The highest BCUT2D eigenvalue weighted by Gasteiger charge is 2.16. The van der Waals surface area contributed by atoms with Crippen LogP contribution in [0.3, 0.4) is 0 Å². The van der Waals surface area contributed by atoms with Gasteiger partial charge in [0, 0.05) is 24.2 Å². The highest BCUT2D eigenvalue weighted by atomic mass is 19.3. The number of carbonyl (C=O) groups is 1. The zero-order chi connectivity index (χ0) is 19.3. The van der Waals surface area contributed by atoms with Crippen LogP contribution in [0, 0.1) is 10.1 Å². The Bertz CT molecular complexity index is 832. The van der Waals surface area contributed by atoms with Gasteiger partial charge in [0.25, 0.3) is 11.6 Å². The third kappa shape index (κ3) is 4.53. The summed E-state index contributed by atoms with van der Waals surface area (Å²) < 4.78 is 34.3. The smallest absolute Gasteiger partial charge is 0.387 e. The van der Waals surface area contributed by atoms with Gasteiger partial charge in [0.2, 0.25) is 5.88 Å². The fraction of sp³-hybridized carbons (Fsp3) is 0.200. The molecule has 0 aliphatic heterocycles. The van der Waals surface area contributed by atoms with Gasteiger partial charge in [0.15, 0.2) is 0 Å². The maximum atomic E-state index is 12.5. The molecule has 11 heteroatoms. The molecule has 138 valence electrons. The van der Waals surface area contributed by atoms with E-state index < -0.39 is 17.4 Å². The quantitative estimate of drug-likeness (QED) is 0.540. The summed E-state index contributed by atoms with van der Waals surface area (Å²) >= 11 is 0. The zero-order valence-corrected chi connectivity index (χ0v) is 13.4. The number of hydrogen-bond donors (Lipinski definition) is 2. The average Bonchev–Trinajstić information content (AvgIpc) is 2.59. The normalized spacial score (nSPS) is 10.5. The molecule has 0 aliphatic rings. The molecule has 0 fully saturated rings. The Labute approximate surface area is 145 Å². The number of rotatable bonds is 8. The third-order valence-corrected chi connectivity index (χ3v) is 3.26. The number of ether oxygens (including phenoxy) is 2. The van der Waals surface area contributed by atoms with Crippen molar-refractivity contribution < 1.29 is 28.0 Å². The predicted molar refractivity (Wildman–Crippen MR) is 86.4 cm³/mol. The Kier molecular flexibility index (Phi) is 5.83. The number of carbonyl (C=O) groups excluding carboxylic acids is 1. The molecule has 3 N–H and O–H groups in total. The van der Waals surface area contributed by atoms with Crippen molar-refractivity contribution in [3.05, 3.63) is 51.7 Å². The van der Waals surface area contributed by atoms with Crippen LogP contribution >= 0.6 is 0 Å². The van der Waals surface area contributed by atoms with Crippen LogP contribution in [0.15, 0.2) is 30.5 Å². The van der Waals surface area contributed by atoms with Gasteiger partial charge >= 0.3 is 6.61 Å². The van der Waals surface area contributed by atoms with Gasteiger partial charge in [-0.2, -0.15) is 8.78 Å². The van der Waals surface area contributed by atoms with E-state index >= 15 is 0 Å². The Morgan fingerprint density at radius 2 is 2.15 bits per heavy atom. The molecule has 0 saturated carbocycles. The van der Waals surface area contributed by atoms with Gasteiger partial charge in [-0.1, -0.05) is 0 Å². The summed E-state index contributed by atoms with van der Waals surface area (Å²) in [5.74, 6) is -0.954. The number of nitrogens with zero attached hydrogens (tertiary/aromatic N) is 2. The number of methoxy groups -OCH3 is 1. The third-order valence-electron chi connectivity index (χ3n) is 3.26. The van der Waals surface area contributed by atoms with Crippen LogP contribution in [-0.4, -0.2) is 29.5 Å². The lowest BCUT2D eigenvalue weighted by Crippen LogP contribution is -2.14. The van der Waals surface area contributed by atoms with Crippen molar-refractivity contribution in [2.75, 3.05) is 12.4 Å². The lowest BCUT2D eigenvalue weighted by atomic mass is 10.1. The molecule has 1 aromatic heterocycles. The maximum Gasteiger partial charge on any atom is 0.387 e. The number of nitrogens with one attached hydrogen (secondary N) is 1. The number of primary amides is 1. The minimum atomic E-state index is -3.08. The molecule has 1 amide bonds. The van der Waals surface area contributed by atoms with Gasteiger partial charge in [-0.3, -0.25) is 14.9 Å². The maximum absolute atomic E-state index is 12.5. The molecule has 9 nitrogen and oxygen atoms in total. The number of benzene rings is 1. The van der Waals surface area contributed by atoms with Gasteiger partial charge in [0.1, 0.15) is 11.3 Å². The number of nitro groups is 1. The van der Waals surface area contributed by atoms with Crippen LogP contribution < -0.4 is 20.5 Å². The largest absolute Gasteiger partial charge is 0.480 e. The number of non-ortho nitro benzene ring substituents is 1. The molecule has 0 bridgehead atoms. The van der Waals surface area contributed by atoms with Crippen molar-refractivity contribution in [1.82, 2.24) is 4.98 Å². The fourth-order valence-electron chi connectivity index (χ4n) is 2.11. The average molecular weight is 368 g/mol. The first-order chi connectivity index (χ1) is 12.3. The number of nitro benzene ring substituents is 1. The van der Waals surface area contributed by atoms with E-state index in [1.54, 1.807) is 0 Å². The summed E-state index contributed by atoms with van der Waals surface area (Å²) in [6, 6.07) is 4.61. The summed E-state index contributed by atoms with van der Waals surface area (Å²) in [7, 11) is 1.32. The van der Waals surface area contributed by atoms with Crippen molar-refractivity contribution in [2.45, 2.75) is 13.2 Å². The Morgan fingerprint density at radius 1 is 1.42 bits per heavy atom. The molecular formula is C15H14F2N4O5. The fourth-order valence-corrected chi connectivity index (χ4v) is 2.11. The van der Waals surface area contributed by atoms with E-state index in [9.17, 15) is 23.7 Å². The molecule has 0 spiro atoms. The van der Waals surface area contributed by atoms with E-state index in [0.29, 0.717) is 5.69 Å². The van der Waals surface area contributed by atoms with Gasteiger partial charge in [-0.15, -0.1) is 0 Å². The minimum Gasteiger partial charge on any atom is -0.480 e. The van der Waals surface area contributed by atoms with Crippen LogP contribution in [0.25, 0.3) is 0 Å². The van der Waals surface area contributed by atoms with Gasteiger partial charge in [-0.05, 0) is 12.1 Å². The van der Waals surface area contributed by atoms with Crippen LogP contribution in [0.1, 0.15) is 15.9 Å². The highest BCUT2D eigenvalue weighted by Crippen LogP contribution is 2.27. The van der Waals surface area contributed by atoms with E-state index in [-0.39, 0.29) is 35.0 Å². The predicted octanol–water partition coefficient (Wildman–Crippen LogP) is 2.31. The SMILES string of the molecule is COc1ncc(NCc2cc([N+](=O)[O-])ccc2OC(F)F)cc1C(N)=O. The van der Waals surface area contributed by atoms with Crippen molar-refractivity contribution in [3.63, 3.8) is 0 Å². The van der Waals surface area contributed by atoms with Gasteiger partial charge in [-0.25, -0.2) is 4.98 Å². The molecule has 0 unspecified atom stereocenters. The molecule has 0 saturated heterocycles. The van der Waals surface area contributed by atoms with Crippen molar-refractivity contribution >= 4 is 17.3 Å². The van der Waals surface area contributed by atoms with E-state index in [0.717, 1.165) is 18.2 Å². The van der Waals surface area contributed by atoms with Crippen molar-refractivity contribution in [1.29, 1.82) is 0 Å². The summed E-state index contributed by atoms with van der Waals surface area (Å²) in [4.78, 5) is 25.5. The summed E-state index contributed by atoms with van der Waals surface area (Å²) in [5.41, 5.74) is 5.41. The number of aromatic nitrogens is 1. The lowest BCUT2D eigenvalue weighted by Gasteiger charge is -2.13. The van der Waals surface area contributed by atoms with Crippen LogP contribution in [0.4, 0.5) is 20.2 Å². The number of halogens is 2. The lowest BCUT2D eigenvalue weighted by molar-refractivity contribution is -0.385. The second kappa shape index (κ2) is 8.05. The minimum absolute atomic E-state index is 0.0144. The van der Waals surface area contributed by atoms with Crippen molar-refractivity contribution in [3.8, 4) is 11.6 Å². The molecule has 2 rings (SSSR count). The Balaban J connectivity index is 2.27. The molecule has 1 heterocycles. The number of hydrogen-bond acceptors (Lipinski definition) is 7. The van der Waals surface area contributed by atoms with Gasteiger partial charge in [0.05, 0.1) is 23.9 Å². The molecule has 0 radical (unpaired) electrons. The molecule has 0 aliphatic carbocycles. The molecule has 26 heavy (non-hydrogen) atoms. The van der Waals surface area contributed by atoms with E-state index in [4.69, 9.17) is 10.5 Å². The van der Waals surface area contributed by atoms with Crippen LogP contribution in [0.2, 0.25) is 0 Å². The summed E-state index contributed by atoms with van der Waals surface area (Å²) in [6.45, 7) is -3.19. The first-order valence-electron chi connectivity index (χ1n) is 7.11. The number of alkyl halides is 2. The second-order valence-electron chi connectivity index (χ2n) is 4.93. The molecule has 2 aromatic rings. The number of anilines is 1. The topological polar surface area (TPSA) is 130 Å². The van der Waals surface area contributed by atoms with Gasteiger partial charge < -0.3 is 20.5 Å². The monoisotopic (exact) mass is 368 g/mol. The van der Waals surface area contributed by atoms with E-state index in [1.165, 1.54) is 19.4 Å². The summed E-state index contributed by atoms with van der Waals surface area (Å²) in [6.07, 6.45) is 1.33. The first kappa shape index (κ1) is 18.8. The van der Waals surface area contributed by atoms with E-state index in [1.807, 2.05) is 0 Å². The number of nitrogens with two attached hydrogens (primary N) is 1. The number of pyridine rings is 1. The van der Waals surface area contributed by atoms with Crippen molar-refractivity contribution in [2.24, 2.45) is 5.73 Å². The Morgan fingerprint density at radius 3 is 2.73 bits per heavy atom. The van der Waals surface area contributed by atoms with E-state index in [2.05, 4.69) is 15.0 Å². The van der Waals surface area contributed by atoms with Crippen LogP contribution in [-0.2, 0) is 6.54 Å². The molecule has 1 aromatic carbocycles. The highest BCUT2D eigenvalue weighted by molar-refractivity contribution is 5.95.